The van der Waals surface area contributed by atoms with E-state index in [9.17, 15) is 19.2 Å². The molecule has 0 heterocycles. The molecular formula is C30H47N3O6. The number of hydrogen-bond acceptors (Lipinski definition) is 6. The van der Waals surface area contributed by atoms with Gasteiger partial charge in [0.2, 0.25) is 11.8 Å². The highest BCUT2D eigenvalue weighted by molar-refractivity contribution is 5.92. The Hall–Kier alpha value is -3.36. The van der Waals surface area contributed by atoms with Crippen LogP contribution in [0.1, 0.15) is 91.8 Å². The van der Waals surface area contributed by atoms with Crippen LogP contribution < -0.4 is 10.6 Å². The lowest BCUT2D eigenvalue weighted by atomic mass is 9.94. The van der Waals surface area contributed by atoms with E-state index in [1.807, 2.05) is 39.8 Å². The lowest BCUT2D eigenvalue weighted by Crippen LogP contribution is -2.57. The number of nitrogens with one attached hydrogen (secondary N) is 2. The van der Waals surface area contributed by atoms with E-state index in [2.05, 4.69) is 17.2 Å². The summed E-state index contributed by atoms with van der Waals surface area (Å²) in [7, 11) is 0. The molecule has 4 unspecified atom stereocenters. The van der Waals surface area contributed by atoms with Gasteiger partial charge >= 0.3 is 12.1 Å². The molecule has 1 aromatic rings. The van der Waals surface area contributed by atoms with E-state index in [1.165, 1.54) is 4.90 Å². The number of carbonyl (C=O) groups excluding carboxylic acids is 4. The SMILES string of the molecule is C=Cc1cccc(C(C(=O)NCCC(=O)OCC)N(C(=O)C(NC(=O)OC(C)(C)C)C(C)CC)C(C)CC)c1. The molecule has 0 bridgehead atoms. The van der Waals surface area contributed by atoms with Crippen molar-refractivity contribution in [3.8, 4) is 0 Å². The van der Waals surface area contributed by atoms with Gasteiger partial charge in [0.1, 0.15) is 17.7 Å². The van der Waals surface area contributed by atoms with E-state index in [1.54, 1.807) is 45.9 Å². The third-order valence-corrected chi connectivity index (χ3v) is 6.39. The highest BCUT2D eigenvalue weighted by atomic mass is 16.6. The van der Waals surface area contributed by atoms with Crippen molar-refractivity contribution in [2.75, 3.05) is 13.2 Å². The monoisotopic (exact) mass is 545 g/mol. The van der Waals surface area contributed by atoms with Crippen LogP contribution in [-0.2, 0) is 23.9 Å². The molecule has 0 fully saturated rings. The van der Waals surface area contributed by atoms with Crippen molar-refractivity contribution in [3.05, 3.63) is 42.0 Å². The zero-order valence-corrected chi connectivity index (χ0v) is 24.8. The predicted molar refractivity (Wildman–Crippen MR) is 153 cm³/mol. The molecule has 0 spiro atoms. The van der Waals surface area contributed by atoms with Gasteiger partial charge in [-0.3, -0.25) is 14.4 Å². The summed E-state index contributed by atoms with van der Waals surface area (Å²) in [4.78, 5) is 54.1. The van der Waals surface area contributed by atoms with Crippen molar-refractivity contribution in [2.24, 2.45) is 5.92 Å². The van der Waals surface area contributed by atoms with Crippen LogP contribution in [0.25, 0.3) is 6.08 Å². The summed E-state index contributed by atoms with van der Waals surface area (Å²) in [5, 5.41) is 5.57. The van der Waals surface area contributed by atoms with E-state index in [-0.39, 0.29) is 37.4 Å². The standard InChI is InChI=1S/C30H47N3O6/c1-10-20(5)25(32-29(37)39-30(7,8)9)28(36)33(21(6)11-2)26(23-16-14-15-22(12-3)19-23)27(35)31-18-17-24(34)38-13-4/h12,14-16,19-21,25-26H,3,10-11,13,17-18H2,1-2,4-9H3,(H,31,35)(H,32,37). The predicted octanol–water partition coefficient (Wildman–Crippen LogP) is 5.01. The number of ether oxygens (including phenoxy) is 2. The van der Waals surface area contributed by atoms with E-state index in [0.29, 0.717) is 18.4 Å². The quantitative estimate of drug-likeness (QED) is 0.318. The van der Waals surface area contributed by atoms with Gasteiger partial charge in [0, 0.05) is 12.6 Å². The molecule has 0 radical (unpaired) electrons. The Morgan fingerprint density at radius 1 is 1.08 bits per heavy atom. The zero-order chi connectivity index (χ0) is 29.8. The number of esters is 1. The average Bonchev–Trinajstić information content (AvgIpc) is 2.88. The Morgan fingerprint density at radius 3 is 2.28 bits per heavy atom. The number of rotatable bonds is 14. The molecule has 1 aromatic carbocycles. The van der Waals surface area contributed by atoms with Crippen molar-refractivity contribution in [3.63, 3.8) is 0 Å². The first kappa shape index (κ1) is 33.7. The maximum absolute atomic E-state index is 14.3. The Labute approximate surface area is 233 Å². The molecule has 0 saturated carbocycles. The third-order valence-electron chi connectivity index (χ3n) is 6.39. The smallest absolute Gasteiger partial charge is 0.408 e. The maximum atomic E-state index is 14.3. The molecule has 9 nitrogen and oxygen atoms in total. The molecule has 0 aliphatic carbocycles. The lowest BCUT2D eigenvalue weighted by molar-refractivity contribution is -0.146. The number of benzene rings is 1. The van der Waals surface area contributed by atoms with Crippen LogP contribution in [0.5, 0.6) is 0 Å². The Balaban J connectivity index is 3.53. The minimum Gasteiger partial charge on any atom is -0.466 e. The second-order valence-electron chi connectivity index (χ2n) is 10.6. The maximum Gasteiger partial charge on any atom is 0.408 e. The van der Waals surface area contributed by atoms with E-state index >= 15 is 0 Å². The molecule has 0 aromatic heterocycles. The summed E-state index contributed by atoms with van der Waals surface area (Å²) < 4.78 is 10.4. The van der Waals surface area contributed by atoms with Gasteiger partial charge in [-0.2, -0.15) is 0 Å². The van der Waals surface area contributed by atoms with Crippen LogP contribution in [0.3, 0.4) is 0 Å². The van der Waals surface area contributed by atoms with E-state index < -0.39 is 35.7 Å². The third kappa shape index (κ3) is 10.7. The van der Waals surface area contributed by atoms with Gasteiger partial charge in [0.25, 0.3) is 0 Å². The van der Waals surface area contributed by atoms with Crippen LogP contribution in [0, 0.1) is 5.92 Å². The van der Waals surface area contributed by atoms with Gasteiger partial charge in [-0.15, -0.1) is 0 Å². The van der Waals surface area contributed by atoms with Gasteiger partial charge < -0.3 is 25.0 Å². The van der Waals surface area contributed by atoms with Crippen LogP contribution in [0.2, 0.25) is 0 Å². The van der Waals surface area contributed by atoms with Crippen molar-refractivity contribution in [1.82, 2.24) is 15.5 Å². The molecule has 9 heteroatoms. The van der Waals surface area contributed by atoms with Crippen LogP contribution in [0.15, 0.2) is 30.8 Å². The van der Waals surface area contributed by atoms with Crippen LogP contribution in [-0.4, -0.2) is 59.6 Å². The van der Waals surface area contributed by atoms with Gasteiger partial charge in [-0.1, -0.05) is 58.0 Å². The molecule has 218 valence electrons. The lowest BCUT2D eigenvalue weighted by Gasteiger charge is -2.39. The average molecular weight is 546 g/mol. The fourth-order valence-electron chi connectivity index (χ4n) is 3.99. The minimum atomic E-state index is -1.01. The Kier molecular flexibility index (Phi) is 13.7. The molecule has 0 aliphatic rings. The number of alkyl carbamates (subject to hydrolysis) is 1. The summed E-state index contributed by atoms with van der Waals surface area (Å²) in [6.45, 7) is 18.7. The molecule has 1 rings (SSSR count). The van der Waals surface area contributed by atoms with Gasteiger partial charge in [-0.05, 0) is 64.2 Å². The summed E-state index contributed by atoms with van der Waals surface area (Å²) in [5.41, 5.74) is 0.643. The van der Waals surface area contributed by atoms with Gasteiger partial charge in [0.15, 0.2) is 0 Å². The molecule has 0 aliphatic heterocycles. The van der Waals surface area contributed by atoms with Crippen LogP contribution >= 0.6 is 0 Å². The molecule has 3 amide bonds. The fourth-order valence-corrected chi connectivity index (χ4v) is 3.99. The Morgan fingerprint density at radius 2 is 1.74 bits per heavy atom. The van der Waals surface area contributed by atoms with E-state index in [4.69, 9.17) is 9.47 Å². The second kappa shape index (κ2) is 15.9. The zero-order valence-electron chi connectivity index (χ0n) is 24.8. The Bertz CT molecular complexity index is 987. The van der Waals surface area contributed by atoms with Crippen LogP contribution in [0.4, 0.5) is 4.79 Å². The van der Waals surface area contributed by atoms with Crippen molar-refractivity contribution in [1.29, 1.82) is 0 Å². The first-order chi connectivity index (χ1) is 18.3. The highest BCUT2D eigenvalue weighted by Gasteiger charge is 2.40. The number of carbonyl (C=O) groups is 4. The fraction of sp³-hybridized carbons (Fsp3) is 0.600. The number of nitrogens with zero attached hydrogens (tertiary/aromatic N) is 1. The molecule has 39 heavy (non-hydrogen) atoms. The molecular weight excluding hydrogens is 498 g/mol. The first-order valence-corrected chi connectivity index (χ1v) is 13.8. The van der Waals surface area contributed by atoms with E-state index in [0.717, 1.165) is 5.56 Å². The normalized spacial score (nSPS) is 14.3. The molecule has 4 atom stereocenters. The summed E-state index contributed by atoms with van der Waals surface area (Å²) in [5.74, 6) is -1.48. The minimum absolute atomic E-state index is 0.00592. The molecule has 0 saturated heterocycles. The number of hydrogen-bond donors (Lipinski definition) is 2. The van der Waals surface area contributed by atoms with Crippen molar-refractivity contribution < 1.29 is 28.7 Å². The van der Waals surface area contributed by atoms with Crippen molar-refractivity contribution in [2.45, 2.75) is 98.4 Å². The molecule has 2 N–H and O–H groups in total. The summed E-state index contributed by atoms with van der Waals surface area (Å²) >= 11 is 0. The highest BCUT2D eigenvalue weighted by Crippen LogP contribution is 2.28. The van der Waals surface area contributed by atoms with Gasteiger partial charge in [0.05, 0.1) is 13.0 Å². The topological polar surface area (TPSA) is 114 Å². The largest absolute Gasteiger partial charge is 0.466 e. The van der Waals surface area contributed by atoms with Crippen molar-refractivity contribution >= 4 is 30.0 Å². The summed E-state index contributed by atoms with van der Waals surface area (Å²) in [6.07, 6.45) is 2.16. The first-order valence-electron chi connectivity index (χ1n) is 13.8. The second-order valence-corrected chi connectivity index (χ2v) is 10.6. The summed E-state index contributed by atoms with van der Waals surface area (Å²) in [6, 6.07) is 4.97. The number of amides is 3. The van der Waals surface area contributed by atoms with Gasteiger partial charge in [-0.25, -0.2) is 4.79 Å².